The van der Waals surface area contributed by atoms with Crippen molar-refractivity contribution < 1.29 is 0 Å². The molecule has 0 spiro atoms. The number of aryl methyl sites for hydroxylation is 1. The largest absolute Gasteiger partial charge is 0.366 e. The van der Waals surface area contributed by atoms with E-state index >= 15 is 0 Å². The number of anilines is 3. The second-order valence-electron chi connectivity index (χ2n) is 6.07. The quantitative estimate of drug-likeness (QED) is 0.787. The smallest absolute Gasteiger partial charge is 0.138 e. The van der Waals surface area contributed by atoms with E-state index in [1.807, 2.05) is 6.07 Å². The standard InChI is InChI=1S/C20H20N4/c1-15-6-2-3-8-17(15)13-21-19-12-20(23-14-22-19)24-11-10-16-7-4-5-9-18(16)24/h2-9,12,14H,10-11,13H2,1H3,(H,21,22,23). The van der Waals surface area contributed by atoms with Crippen LogP contribution in [0.2, 0.25) is 0 Å². The number of hydrogen-bond donors (Lipinski definition) is 1. The fraction of sp³-hybridized carbons (Fsp3) is 0.200. The van der Waals surface area contributed by atoms with E-state index < -0.39 is 0 Å². The van der Waals surface area contributed by atoms with Gasteiger partial charge in [-0.2, -0.15) is 0 Å². The van der Waals surface area contributed by atoms with Crippen molar-refractivity contribution in [2.24, 2.45) is 0 Å². The molecule has 1 aliphatic rings. The van der Waals surface area contributed by atoms with Gasteiger partial charge >= 0.3 is 0 Å². The van der Waals surface area contributed by atoms with Gasteiger partial charge in [0.05, 0.1) is 0 Å². The summed E-state index contributed by atoms with van der Waals surface area (Å²) in [6, 6.07) is 18.9. The molecule has 4 nitrogen and oxygen atoms in total. The molecule has 120 valence electrons. The van der Waals surface area contributed by atoms with Crippen LogP contribution in [0.5, 0.6) is 0 Å². The molecule has 0 saturated heterocycles. The van der Waals surface area contributed by atoms with Crippen LogP contribution >= 0.6 is 0 Å². The van der Waals surface area contributed by atoms with Gasteiger partial charge in [-0.3, -0.25) is 0 Å². The van der Waals surface area contributed by atoms with Gasteiger partial charge in [0, 0.05) is 24.8 Å². The van der Waals surface area contributed by atoms with Crippen LogP contribution in [0.4, 0.5) is 17.3 Å². The monoisotopic (exact) mass is 316 g/mol. The van der Waals surface area contributed by atoms with Crippen LogP contribution in [0.3, 0.4) is 0 Å². The van der Waals surface area contributed by atoms with Crippen molar-refractivity contribution in [1.29, 1.82) is 0 Å². The maximum Gasteiger partial charge on any atom is 0.138 e. The molecule has 3 aromatic rings. The van der Waals surface area contributed by atoms with Crippen LogP contribution in [0.15, 0.2) is 60.9 Å². The average Bonchev–Trinajstić information content (AvgIpc) is 3.05. The Hall–Kier alpha value is -2.88. The molecule has 4 heteroatoms. The molecule has 0 bridgehead atoms. The van der Waals surface area contributed by atoms with Crippen LogP contribution in [-0.2, 0) is 13.0 Å². The number of benzene rings is 2. The van der Waals surface area contributed by atoms with Crippen LogP contribution < -0.4 is 10.2 Å². The summed E-state index contributed by atoms with van der Waals surface area (Å²) in [5.41, 5.74) is 5.20. The number of rotatable bonds is 4. The molecule has 1 aliphatic heterocycles. The van der Waals surface area contributed by atoms with Crippen molar-refractivity contribution >= 4 is 17.3 Å². The van der Waals surface area contributed by atoms with Gasteiger partial charge in [-0.15, -0.1) is 0 Å². The maximum atomic E-state index is 4.47. The van der Waals surface area contributed by atoms with E-state index in [1.54, 1.807) is 6.33 Å². The molecule has 0 fully saturated rings. The van der Waals surface area contributed by atoms with Crippen LogP contribution in [-0.4, -0.2) is 16.5 Å². The molecule has 1 aromatic heterocycles. The summed E-state index contributed by atoms with van der Waals surface area (Å²) in [5, 5.41) is 3.41. The van der Waals surface area contributed by atoms with E-state index in [4.69, 9.17) is 0 Å². The molecular formula is C20H20N4. The topological polar surface area (TPSA) is 41.0 Å². The van der Waals surface area contributed by atoms with Gasteiger partial charge in [-0.1, -0.05) is 42.5 Å². The molecule has 0 atom stereocenters. The van der Waals surface area contributed by atoms with Crippen molar-refractivity contribution in [3.8, 4) is 0 Å². The zero-order chi connectivity index (χ0) is 16.4. The van der Waals surface area contributed by atoms with Gasteiger partial charge in [-0.05, 0) is 36.1 Å². The van der Waals surface area contributed by atoms with Crippen LogP contribution in [0.25, 0.3) is 0 Å². The first-order chi connectivity index (χ1) is 11.8. The van der Waals surface area contributed by atoms with E-state index in [1.165, 1.54) is 22.4 Å². The first kappa shape index (κ1) is 14.7. The number of aromatic nitrogens is 2. The molecule has 0 unspecified atom stereocenters. The third-order valence-electron chi connectivity index (χ3n) is 4.54. The minimum Gasteiger partial charge on any atom is -0.366 e. The Bertz CT molecular complexity index is 860. The Kier molecular flexibility index (Phi) is 3.87. The molecular weight excluding hydrogens is 296 g/mol. The molecule has 1 N–H and O–H groups in total. The average molecular weight is 316 g/mol. The molecule has 2 aromatic carbocycles. The highest BCUT2D eigenvalue weighted by Gasteiger charge is 2.20. The molecule has 0 radical (unpaired) electrons. The molecule has 2 heterocycles. The summed E-state index contributed by atoms with van der Waals surface area (Å²) >= 11 is 0. The SMILES string of the molecule is Cc1ccccc1CNc1cc(N2CCc3ccccc32)ncn1. The predicted molar refractivity (Wildman–Crippen MR) is 97.7 cm³/mol. The number of hydrogen-bond acceptors (Lipinski definition) is 4. The number of fused-ring (bicyclic) bond motifs is 1. The van der Waals surface area contributed by atoms with Crippen LogP contribution in [0, 0.1) is 6.92 Å². The van der Waals surface area contributed by atoms with Gasteiger partial charge in [-0.25, -0.2) is 9.97 Å². The summed E-state index contributed by atoms with van der Waals surface area (Å²) in [6.45, 7) is 3.86. The molecule has 0 saturated carbocycles. The van der Waals surface area contributed by atoms with E-state index in [9.17, 15) is 0 Å². The molecule has 0 amide bonds. The third kappa shape index (κ3) is 2.83. The van der Waals surface area contributed by atoms with E-state index in [0.717, 1.165) is 31.1 Å². The lowest BCUT2D eigenvalue weighted by Gasteiger charge is -2.19. The highest BCUT2D eigenvalue weighted by Crippen LogP contribution is 2.33. The lowest BCUT2D eigenvalue weighted by Crippen LogP contribution is -2.15. The van der Waals surface area contributed by atoms with E-state index in [0.29, 0.717) is 0 Å². The van der Waals surface area contributed by atoms with Crippen molar-refractivity contribution in [2.75, 3.05) is 16.8 Å². The van der Waals surface area contributed by atoms with Crippen molar-refractivity contribution in [1.82, 2.24) is 9.97 Å². The fourth-order valence-electron chi connectivity index (χ4n) is 3.16. The minimum absolute atomic E-state index is 0.764. The van der Waals surface area contributed by atoms with Gasteiger partial charge < -0.3 is 10.2 Å². The second kappa shape index (κ2) is 6.32. The normalized spacial score (nSPS) is 13.0. The minimum atomic E-state index is 0.764. The van der Waals surface area contributed by atoms with Crippen LogP contribution in [0.1, 0.15) is 16.7 Å². The fourth-order valence-corrected chi connectivity index (χ4v) is 3.16. The van der Waals surface area contributed by atoms with E-state index in [-0.39, 0.29) is 0 Å². The Labute approximate surface area is 142 Å². The van der Waals surface area contributed by atoms with Crippen molar-refractivity contribution in [3.63, 3.8) is 0 Å². The van der Waals surface area contributed by atoms with Gasteiger partial charge in [0.2, 0.25) is 0 Å². The second-order valence-corrected chi connectivity index (χ2v) is 6.07. The Morgan fingerprint density at radius 1 is 1.04 bits per heavy atom. The zero-order valence-corrected chi connectivity index (χ0v) is 13.7. The third-order valence-corrected chi connectivity index (χ3v) is 4.54. The maximum absolute atomic E-state index is 4.47. The van der Waals surface area contributed by atoms with Gasteiger partial charge in [0.1, 0.15) is 18.0 Å². The zero-order valence-electron chi connectivity index (χ0n) is 13.7. The Morgan fingerprint density at radius 2 is 1.88 bits per heavy atom. The van der Waals surface area contributed by atoms with Gasteiger partial charge in [0.25, 0.3) is 0 Å². The lowest BCUT2D eigenvalue weighted by molar-refractivity contribution is 0.961. The summed E-state index contributed by atoms with van der Waals surface area (Å²) in [6.07, 6.45) is 2.70. The summed E-state index contributed by atoms with van der Waals surface area (Å²) in [4.78, 5) is 11.1. The lowest BCUT2D eigenvalue weighted by atomic mass is 10.1. The molecule has 4 rings (SSSR count). The molecule has 24 heavy (non-hydrogen) atoms. The number of nitrogens with one attached hydrogen (secondary N) is 1. The Balaban J connectivity index is 1.54. The highest BCUT2D eigenvalue weighted by molar-refractivity contribution is 5.68. The predicted octanol–water partition coefficient (Wildman–Crippen LogP) is 4.09. The summed E-state index contributed by atoms with van der Waals surface area (Å²) in [5.74, 6) is 1.80. The highest BCUT2D eigenvalue weighted by atomic mass is 15.2. The van der Waals surface area contributed by atoms with E-state index in [2.05, 4.69) is 75.6 Å². The molecule has 0 aliphatic carbocycles. The summed E-state index contributed by atoms with van der Waals surface area (Å²) < 4.78 is 0. The first-order valence-corrected chi connectivity index (χ1v) is 8.27. The Morgan fingerprint density at radius 3 is 2.79 bits per heavy atom. The number of nitrogens with zero attached hydrogens (tertiary/aromatic N) is 3. The van der Waals surface area contributed by atoms with Crippen molar-refractivity contribution in [2.45, 2.75) is 19.9 Å². The van der Waals surface area contributed by atoms with Crippen molar-refractivity contribution in [3.05, 3.63) is 77.6 Å². The summed E-state index contributed by atoms with van der Waals surface area (Å²) in [7, 11) is 0. The first-order valence-electron chi connectivity index (χ1n) is 8.27. The van der Waals surface area contributed by atoms with Gasteiger partial charge in [0.15, 0.2) is 0 Å². The number of para-hydroxylation sites is 1.